The van der Waals surface area contributed by atoms with Crippen LogP contribution in [0, 0.1) is 11.3 Å². The quantitative estimate of drug-likeness (QED) is 0.393. The van der Waals surface area contributed by atoms with E-state index in [0.717, 1.165) is 31.7 Å². The van der Waals surface area contributed by atoms with Crippen molar-refractivity contribution in [3.8, 4) is 6.07 Å². The van der Waals surface area contributed by atoms with Crippen molar-refractivity contribution in [1.82, 2.24) is 9.88 Å². The summed E-state index contributed by atoms with van der Waals surface area (Å²) in [7, 11) is 0. The minimum atomic E-state index is -0.513. The van der Waals surface area contributed by atoms with Crippen molar-refractivity contribution in [2.75, 3.05) is 11.9 Å². The Hall–Kier alpha value is -2.69. The van der Waals surface area contributed by atoms with Gasteiger partial charge in [-0.1, -0.05) is 59.6 Å². The predicted octanol–water partition coefficient (Wildman–Crippen LogP) is 5.55. The van der Waals surface area contributed by atoms with Crippen LogP contribution < -0.4 is 5.32 Å². The zero-order valence-corrected chi connectivity index (χ0v) is 18.8. The Balaban J connectivity index is 1.45. The third-order valence-corrected chi connectivity index (χ3v) is 6.54. The molecule has 0 saturated heterocycles. The van der Waals surface area contributed by atoms with Crippen LogP contribution in [0.5, 0.6) is 0 Å². The maximum atomic E-state index is 12.6. The number of nitriles is 1. The van der Waals surface area contributed by atoms with Crippen molar-refractivity contribution in [3.63, 3.8) is 0 Å². The molecule has 4 rings (SSSR count). The molecule has 3 aromatic rings. The van der Waals surface area contributed by atoms with E-state index in [2.05, 4.69) is 27.3 Å². The summed E-state index contributed by atoms with van der Waals surface area (Å²) >= 11 is 13.5. The van der Waals surface area contributed by atoms with Crippen molar-refractivity contribution >= 4 is 51.7 Å². The van der Waals surface area contributed by atoms with Crippen LogP contribution in [0.1, 0.15) is 21.7 Å². The van der Waals surface area contributed by atoms with Gasteiger partial charge in [0, 0.05) is 34.6 Å². The predicted molar refractivity (Wildman–Crippen MR) is 125 cm³/mol. The summed E-state index contributed by atoms with van der Waals surface area (Å²) < 4.78 is 0. The van der Waals surface area contributed by atoms with Gasteiger partial charge in [0.25, 0.3) is 5.91 Å². The van der Waals surface area contributed by atoms with Crippen LogP contribution in [-0.2, 0) is 24.3 Å². The average Bonchev–Trinajstić information content (AvgIpc) is 3.15. The highest BCUT2D eigenvalue weighted by molar-refractivity contribution is 7.15. The average molecular weight is 469 g/mol. The lowest BCUT2D eigenvalue weighted by Crippen LogP contribution is -2.29. The summed E-state index contributed by atoms with van der Waals surface area (Å²) in [4.78, 5) is 20.7. The molecule has 2 aromatic carbocycles. The molecule has 5 nitrogen and oxygen atoms in total. The molecule has 0 saturated carbocycles. The fourth-order valence-electron chi connectivity index (χ4n) is 3.37. The Bertz CT molecular complexity index is 1180. The number of fused-ring (bicyclic) bond motifs is 1. The van der Waals surface area contributed by atoms with Crippen LogP contribution in [0.3, 0.4) is 0 Å². The largest absolute Gasteiger partial charge is 0.297 e. The molecule has 0 spiro atoms. The SMILES string of the molecule is N#CC(=Cc1ccc(Cl)cc1Cl)C(=O)Nc1nc2c(s1)CCN(Cc1ccccc1)C2. The van der Waals surface area contributed by atoms with Gasteiger partial charge >= 0.3 is 0 Å². The summed E-state index contributed by atoms with van der Waals surface area (Å²) in [6, 6.07) is 17.1. The first kappa shape index (κ1) is 21.5. The number of thiazole rings is 1. The minimum absolute atomic E-state index is 0.0527. The number of hydrogen-bond donors (Lipinski definition) is 1. The number of rotatable bonds is 5. The lowest BCUT2D eigenvalue weighted by Gasteiger charge is -2.25. The van der Waals surface area contributed by atoms with Gasteiger partial charge in [-0.2, -0.15) is 5.26 Å². The molecular weight excluding hydrogens is 451 g/mol. The van der Waals surface area contributed by atoms with Crippen LogP contribution in [0.15, 0.2) is 54.1 Å². The zero-order chi connectivity index (χ0) is 21.8. The number of nitrogens with zero attached hydrogens (tertiary/aromatic N) is 3. The minimum Gasteiger partial charge on any atom is -0.297 e. The molecular formula is C23H18Cl2N4OS. The normalized spacial score (nSPS) is 14.0. The van der Waals surface area contributed by atoms with Gasteiger partial charge in [-0.15, -0.1) is 11.3 Å². The van der Waals surface area contributed by atoms with Crippen molar-refractivity contribution in [2.45, 2.75) is 19.5 Å². The number of benzene rings is 2. The third kappa shape index (κ3) is 5.33. The molecule has 2 heterocycles. The molecule has 1 N–H and O–H groups in total. The molecule has 1 amide bonds. The second kappa shape index (κ2) is 9.63. The van der Waals surface area contributed by atoms with Gasteiger partial charge in [0.1, 0.15) is 11.6 Å². The molecule has 0 radical (unpaired) electrons. The third-order valence-electron chi connectivity index (χ3n) is 4.90. The number of halogens is 2. The highest BCUT2D eigenvalue weighted by Crippen LogP contribution is 2.29. The topological polar surface area (TPSA) is 69.0 Å². The molecule has 31 heavy (non-hydrogen) atoms. The van der Waals surface area contributed by atoms with Crippen molar-refractivity contribution < 1.29 is 4.79 Å². The molecule has 0 bridgehead atoms. The van der Waals surface area contributed by atoms with Crippen LogP contribution >= 0.6 is 34.5 Å². The number of nitrogens with one attached hydrogen (secondary N) is 1. The number of aromatic nitrogens is 1. The van der Waals surface area contributed by atoms with Crippen LogP contribution in [-0.4, -0.2) is 22.3 Å². The molecule has 1 aliphatic heterocycles. The Kier molecular flexibility index (Phi) is 6.69. The van der Waals surface area contributed by atoms with E-state index < -0.39 is 5.91 Å². The summed E-state index contributed by atoms with van der Waals surface area (Å²) in [5.41, 5.74) is 2.74. The van der Waals surface area contributed by atoms with Crippen LogP contribution in [0.2, 0.25) is 10.0 Å². The van der Waals surface area contributed by atoms with E-state index in [0.29, 0.717) is 20.7 Å². The lowest BCUT2D eigenvalue weighted by molar-refractivity contribution is -0.112. The maximum absolute atomic E-state index is 12.6. The molecule has 8 heteroatoms. The molecule has 0 fully saturated rings. The zero-order valence-electron chi connectivity index (χ0n) is 16.4. The van der Waals surface area contributed by atoms with Crippen LogP contribution in [0.4, 0.5) is 5.13 Å². The van der Waals surface area contributed by atoms with Crippen molar-refractivity contribution in [3.05, 3.63) is 85.8 Å². The van der Waals surface area contributed by atoms with Gasteiger partial charge in [0.15, 0.2) is 5.13 Å². The van der Waals surface area contributed by atoms with E-state index in [1.807, 2.05) is 24.3 Å². The summed E-state index contributed by atoms with van der Waals surface area (Å²) in [5, 5.41) is 13.6. The van der Waals surface area contributed by atoms with E-state index in [1.165, 1.54) is 27.9 Å². The smallest absolute Gasteiger partial charge is 0.268 e. The van der Waals surface area contributed by atoms with Gasteiger partial charge in [-0.05, 0) is 35.8 Å². The number of amides is 1. The van der Waals surface area contributed by atoms with Gasteiger partial charge in [-0.3, -0.25) is 15.0 Å². The maximum Gasteiger partial charge on any atom is 0.268 e. The Morgan fingerprint density at radius 1 is 1.26 bits per heavy atom. The number of anilines is 1. The number of carbonyl (C=O) groups excluding carboxylic acids is 1. The van der Waals surface area contributed by atoms with Gasteiger partial charge in [0.2, 0.25) is 0 Å². The van der Waals surface area contributed by atoms with E-state index >= 15 is 0 Å². The first-order valence-corrected chi connectivity index (χ1v) is 11.2. The highest BCUT2D eigenvalue weighted by Gasteiger charge is 2.22. The number of carbonyl (C=O) groups is 1. The van der Waals surface area contributed by atoms with E-state index in [1.54, 1.807) is 18.2 Å². The van der Waals surface area contributed by atoms with E-state index in [-0.39, 0.29) is 5.57 Å². The Morgan fingerprint density at radius 2 is 2.06 bits per heavy atom. The molecule has 1 aliphatic rings. The highest BCUT2D eigenvalue weighted by atomic mass is 35.5. The molecule has 0 unspecified atom stereocenters. The van der Waals surface area contributed by atoms with E-state index in [4.69, 9.17) is 23.2 Å². The fraction of sp³-hybridized carbons (Fsp3) is 0.174. The number of hydrogen-bond acceptors (Lipinski definition) is 5. The second-order valence-corrected chi connectivity index (χ2v) is 9.05. The van der Waals surface area contributed by atoms with Crippen LogP contribution in [0.25, 0.3) is 6.08 Å². The standard InChI is InChI=1S/C23H18Cl2N4OS/c24-18-7-6-16(19(25)11-18)10-17(12-26)22(30)28-23-27-20-14-29(9-8-21(20)31-23)13-15-4-2-1-3-5-15/h1-7,10-11H,8-9,13-14H2,(H,27,28,30). The fourth-order valence-corrected chi connectivity index (χ4v) is 4.79. The molecule has 0 aliphatic carbocycles. The van der Waals surface area contributed by atoms with Gasteiger partial charge in [-0.25, -0.2) is 4.98 Å². The Morgan fingerprint density at radius 3 is 2.81 bits per heavy atom. The second-order valence-electron chi connectivity index (χ2n) is 7.12. The molecule has 1 aromatic heterocycles. The van der Waals surface area contributed by atoms with Gasteiger partial charge in [0.05, 0.1) is 5.69 Å². The Labute approximate surface area is 194 Å². The first-order valence-electron chi connectivity index (χ1n) is 9.65. The lowest BCUT2D eigenvalue weighted by atomic mass is 10.1. The molecule has 156 valence electrons. The summed E-state index contributed by atoms with van der Waals surface area (Å²) in [5.74, 6) is -0.513. The monoisotopic (exact) mass is 468 g/mol. The van der Waals surface area contributed by atoms with Crippen molar-refractivity contribution in [2.24, 2.45) is 0 Å². The summed E-state index contributed by atoms with van der Waals surface area (Å²) in [6.07, 6.45) is 2.33. The van der Waals surface area contributed by atoms with E-state index in [9.17, 15) is 10.1 Å². The van der Waals surface area contributed by atoms with Gasteiger partial charge < -0.3 is 0 Å². The molecule has 0 atom stereocenters. The first-order chi connectivity index (χ1) is 15.0. The summed E-state index contributed by atoms with van der Waals surface area (Å²) in [6.45, 7) is 2.54. The van der Waals surface area contributed by atoms with Crippen molar-refractivity contribution in [1.29, 1.82) is 5.26 Å².